The minimum Gasteiger partial charge on any atom is -0.472 e. The van der Waals surface area contributed by atoms with Crippen LogP contribution in [0.5, 0.6) is 0 Å². The topological polar surface area (TPSA) is 22.4 Å². The van der Waals surface area contributed by atoms with Crippen LogP contribution in [0.2, 0.25) is 15.6 Å². The van der Waals surface area contributed by atoms with Crippen LogP contribution in [0.3, 0.4) is 0 Å². The molecule has 1 aromatic heterocycles. The molecule has 0 amide bonds. The maximum Gasteiger partial charge on any atom is 0.207 e. The average molecular weight is 357 g/mol. The van der Waals surface area contributed by atoms with Crippen LogP contribution in [-0.2, 0) is 10.8 Å². The van der Waals surface area contributed by atoms with E-state index in [1.807, 2.05) is 6.26 Å². The van der Waals surface area contributed by atoms with Crippen molar-refractivity contribution in [1.82, 2.24) is 0 Å². The summed E-state index contributed by atoms with van der Waals surface area (Å²) in [5.41, 5.74) is 3.21. The molecule has 3 heteroatoms. The highest BCUT2D eigenvalue weighted by molar-refractivity contribution is 6.81. The van der Waals surface area contributed by atoms with Crippen molar-refractivity contribution in [3.63, 3.8) is 0 Å². The summed E-state index contributed by atoms with van der Waals surface area (Å²) in [4.78, 5) is 0. The van der Waals surface area contributed by atoms with E-state index < -0.39 is 8.32 Å². The van der Waals surface area contributed by atoms with Gasteiger partial charge in [-0.15, -0.1) is 0 Å². The molecule has 1 aliphatic heterocycles. The van der Waals surface area contributed by atoms with Crippen LogP contribution >= 0.6 is 0 Å². The smallest absolute Gasteiger partial charge is 0.207 e. The van der Waals surface area contributed by atoms with Crippen molar-refractivity contribution in [3.8, 4) is 0 Å². The van der Waals surface area contributed by atoms with Crippen LogP contribution in [-0.4, -0.2) is 8.32 Å². The molecule has 2 aromatic rings. The van der Waals surface area contributed by atoms with Crippen molar-refractivity contribution in [1.29, 1.82) is 0 Å². The molecule has 2 heterocycles. The van der Waals surface area contributed by atoms with Crippen molar-refractivity contribution in [2.75, 3.05) is 0 Å². The summed E-state index contributed by atoms with van der Waals surface area (Å²) in [6.45, 7) is 14.3. The molecular formula is C22H32O2Si. The Morgan fingerprint density at radius 1 is 0.960 bits per heavy atom. The van der Waals surface area contributed by atoms with Gasteiger partial charge in [-0.2, -0.15) is 0 Å². The number of rotatable bonds is 3. The van der Waals surface area contributed by atoms with Crippen LogP contribution in [0.4, 0.5) is 0 Å². The van der Waals surface area contributed by atoms with Gasteiger partial charge in [-0.3, -0.25) is 0 Å². The molecule has 25 heavy (non-hydrogen) atoms. The summed E-state index contributed by atoms with van der Waals surface area (Å²) >= 11 is 0. The number of hydrogen-bond acceptors (Lipinski definition) is 2. The van der Waals surface area contributed by atoms with E-state index in [4.69, 9.17) is 8.84 Å². The van der Waals surface area contributed by atoms with Crippen LogP contribution in [0.25, 0.3) is 0 Å². The third-order valence-corrected chi connectivity index (χ3v) is 12.6. The summed E-state index contributed by atoms with van der Waals surface area (Å²) in [5.74, 6) is 0. The highest BCUT2D eigenvalue weighted by Crippen LogP contribution is 2.65. The summed E-state index contributed by atoms with van der Waals surface area (Å²) in [5, 5.41) is 0.340. The van der Waals surface area contributed by atoms with E-state index in [1.54, 1.807) is 6.26 Å². The van der Waals surface area contributed by atoms with Gasteiger partial charge in [0, 0.05) is 5.56 Å². The lowest BCUT2D eigenvalue weighted by Crippen LogP contribution is -2.55. The Balaban J connectivity index is 2.03. The zero-order valence-electron chi connectivity index (χ0n) is 16.5. The summed E-state index contributed by atoms with van der Waals surface area (Å²) in [6, 6.07) is 13.0. The molecule has 0 bridgehead atoms. The van der Waals surface area contributed by atoms with Gasteiger partial charge < -0.3 is 8.84 Å². The first-order valence-corrected chi connectivity index (χ1v) is 11.4. The first kappa shape index (κ1) is 18.5. The molecular weight excluding hydrogens is 324 g/mol. The third-order valence-electron chi connectivity index (χ3n) is 5.87. The molecule has 1 fully saturated rings. The Morgan fingerprint density at radius 2 is 1.60 bits per heavy atom. The number of hydrogen-bond donors (Lipinski definition) is 0. The number of benzene rings is 1. The molecule has 1 aromatic carbocycles. The molecule has 0 saturated carbocycles. The van der Waals surface area contributed by atoms with Gasteiger partial charge >= 0.3 is 0 Å². The van der Waals surface area contributed by atoms with Crippen molar-refractivity contribution in [2.24, 2.45) is 0 Å². The van der Waals surface area contributed by atoms with Gasteiger partial charge in [0.25, 0.3) is 0 Å². The summed E-state index contributed by atoms with van der Waals surface area (Å²) < 4.78 is 12.4. The predicted octanol–water partition coefficient (Wildman–Crippen LogP) is 6.90. The lowest BCUT2D eigenvalue weighted by Gasteiger charge is -2.51. The molecule has 1 aliphatic rings. The van der Waals surface area contributed by atoms with Crippen LogP contribution in [0.15, 0.2) is 53.3 Å². The Kier molecular flexibility index (Phi) is 4.76. The Hall–Kier alpha value is -1.32. The SMILES string of the molecule is CC(C)(C)[Si]1(C(C)(C)C)OC(c2ccoc2)C[C@H]1Cc1ccccc1. The normalized spacial score (nSPS) is 23.8. The molecule has 2 atom stereocenters. The molecule has 2 nitrogen and oxygen atoms in total. The zero-order chi connectivity index (χ0) is 18.3. The second-order valence-electron chi connectivity index (χ2n) is 9.52. The Labute approximate surface area is 153 Å². The first-order valence-electron chi connectivity index (χ1n) is 9.39. The zero-order valence-corrected chi connectivity index (χ0v) is 17.5. The maximum absolute atomic E-state index is 7.09. The minimum absolute atomic E-state index is 0.164. The molecule has 136 valence electrons. The van der Waals surface area contributed by atoms with Crippen LogP contribution in [0.1, 0.15) is 65.2 Å². The highest BCUT2D eigenvalue weighted by atomic mass is 28.4. The predicted molar refractivity (Wildman–Crippen MR) is 106 cm³/mol. The second kappa shape index (κ2) is 6.44. The van der Waals surface area contributed by atoms with E-state index in [9.17, 15) is 0 Å². The van der Waals surface area contributed by atoms with Gasteiger partial charge in [0.1, 0.15) is 0 Å². The maximum atomic E-state index is 7.09. The van der Waals surface area contributed by atoms with Gasteiger partial charge in [0.2, 0.25) is 8.32 Å². The van der Waals surface area contributed by atoms with E-state index in [-0.39, 0.29) is 16.2 Å². The molecule has 1 unspecified atom stereocenters. The van der Waals surface area contributed by atoms with Crippen molar-refractivity contribution in [2.45, 2.75) is 76.1 Å². The van der Waals surface area contributed by atoms with E-state index in [0.29, 0.717) is 5.54 Å². The van der Waals surface area contributed by atoms with Gasteiger partial charge in [0.05, 0.1) is 18.6 Å². The standard InChI is InChI=1S/C22H32O2Si/c1-21(2,3)25(22(4,5)6)19(14-17-10-8-7-9-11-17)15-20(24-25)18-12-13-23-16-18/h7-13,16,19-20H,14-15H2,1-6H3/t19-,20?/m1/s1. The largest absolute Gasteiger partial charge is 0.472 e. The quantitative estimate of drug-likeness (QED) is 0.558. The van der Waals surface area contributed by atoms with Gasteiger partial charge in [-0.1, -0.05) is 71.9 Å². The second-order valence-corrected chi connectivity index (χ2v) is 15.0. The Morgan fingerprint density at radius 3 is 2.12 bits per heavy atom. The van der Waals surface area contributed by atoms with E-state index in [2.05, 4.69) is 77.9 Å². The number of furan rings is 1. The lowest BCUT2D eigenvalue weighted by atomic mass is 10.0. The minimum atomic E-state index is -2.11. The lowest BCUT2D eigenvalue weighted by molar-refractivity contribution is 0.200. The van der Waals surface area contributed by atoms with E-state index in [1.165, 1.54) is 11.1 Å². The summed E-state index contributed by atoms with van der Waals surface area (Å²) in [7, 11) is -2.11. The fraction of sp³-hybridized carbons (Fsp3) is 0.545. The third kappa shape index (κ3) is 3.24. The van der Waals surface area contributed by atoms with Gasteiger partial charge in [-0.25, -0.2) is 0 Å². The first-order chi connectivity index (χ1) is 11.6. The highest BCUT2D eigenvalue weighted by Gasteiger charge is 2.64. The van der Waals surface area contributed by atoms with Gasteiger partial charge in [-0.05, 0) is 40.1 Å². The van der Waals surface area contributed by atoms with Crippen molar-refractivity contribution < 1.29 is 8.84 Å². The van der Waals surface area contributed by atoms with Crippen LogP contribution < -0.4 is 0 Å². The fourth-order valence-corrected chi connectivity index (χ4v) is 12.6. The summed E-state index contributed by atoms with van der Waals surface area (Å²) in [6.07, 6.45) is 5.99. The average Bonchev–Trinajstić information content (AvgIpc) is 3.14. The monoisotopic (exact) mass is 356 g/mol. The van der Waals surface area contributed by atoms with Gasteiger partial charge in [0.15, 0.2) is 0 Å². The molecule has 0 spiro atoms. The molecule has 1 saturated heterocycles. The molecule has 0 radical (unpaired) electrons. The van der Waals surface area contributed by atoms with Crippen molar-refractivity contribution in [3.05, 3.63) is 60.1 Å². The van der Waals surface area contributed by atoms with Crippen molar-refractivity contribution >= 4 is 8.32 Å². The fourth-order valence-electron chi connectivity index (χ4n) is 5.28. The Bertz CT molecular complexity index is 663. The molecule has 3 rings (SSSR count). The van der Waals surface area contributed by atoms with Crippen LogP contribution in [0, 0.1) is 0 Å². The van der Waals surface area contributed by atoms with E-state index in [0.717, 1.165) is 12.8 Å². The molecule has 0 N–H and O–H groups in total. The molecule has 0 aliphatic carbocycles. The van der Waals surface area contributed by atoms with E-state index >= 15 is 0 Å².